The molecule has 0 bridgehead atoms. The van der Waals surface area contributed by atoms with E-state index in [1.165, 1.54) is 25.5 Å². The van der Waals surface area contributed by atoms with Crippen molar-refractivity contribution in [1.29, 1.82) is 0 Å². The van der Waals surface area contributed by atoms with Gasteiger partial charge in [-0.05, 0) is 24.3 Å². The molecule has 1 aromatic carbocycles. The molecular formula is C13H12ClNO4. The van der Waals surface area contributed by atoms with Crippen molar-refractivity contribution < 1.29 is 18.7 Å². The molecule has 6 heteroatoms. The van der Waals surface area contributed by atoms with E-state index in [0.29, 0.717) is 11.4 Å². The lowest BCUT2D eigenvalue weighted by Crippen LogP contribution is -2.07. The lowest BCUT2D eigenvalue weighted by molar-refractivity contribution is 0.0595. The summed E-state index contributed by atoms with van der Waals surface area (Å²) >= 11 is 6.03. The second-order valence-corrected chi connectivity index (χ2v) is 4.15. The Hall–Kier alpha value is -2.14. The van der Waals surface area contributed by atoms with Gasteiger partial charge in [0.25, 0.3) is 0 Å². The molecule has 0 aliphatic rings. The van der Waals surface area contributed by atoms with Crippen LogP contribution in [0, 0.1) is 0 Å². The van der Waals surface area contributed by atoms with Crippen molar-refractivity contribution in [3.8, 4) is 5.75 Å². The molecule has 19 heavy (non-hydrogen) atoms. The van der Waals surface area contributed by atoms with Gasteiger partial charge in [-0.25, -0.2) is 4.79 Å². The van der Waals surface area contributed by atoms with Gasteiger partial charge in [0.2, 0.25) is 0 Å². The van der Waals surface area contributed by atoms with Crippen LogP contribution in [0.4, 0.5) is 5.69 Å². The van der Waals surface area contributed by atoms with E-state index < -0.39 is 5.97 Å². The van der Waals surface area contributed by atoms with Gasteiger partial charge in [0.05, 0.1) is 18.4 Å². The number of halogens is 1. The van der Waals surface area contributed by atoms with Crippen molar-refractivity contribution in [2.24, 2.45) is 0 Å². The average molecular weight is 282 g/mol. The van der Waals surface area contributed by atoms with Crippen LogP contribution >= 0.6 is 11.6 Å². The zero-order chi connectivity index (χ0) is 13.8. The van der Waals surface area contributed by atoms with Crippen molar-refractivity contribution in [1.82, 2.24) is 0 Å². The number of carbonyl (C=O) groups excluding carboxylic acids is 1. The van der Waals surface area contributed by atoms with Gasteiger partial charge >= 0.3 is 5.97 Å². The summed E-state index contributed by atoms with van der Waals surface area (Å²) in [6.45, 7) is 0.153. The molecule has 1 aromatic heterocycles. The van der Waals surface area contributed by atoms with Gasteiger partial charge < -0.3 is 19.6 Å². The van der Waals surface area contributed by atoms with Crippen molar-refractivity contribution in [2.45, 2.75) is 6.61 Å². The van der Waals surface area contributed by atoms with Crippen molar-refractivity contribution in [2.75, 3.05) is 12.8 Å². The smallest absolute Gasteiger partial charge is 0.341 e. The van der Waals surface area contributed by atoms with Crippen LogP contribution < -0.4 is 10.5 Å². The third-order valence-corrected chi connectivity index (χ3v) is 2.69. The molecule has 0 aliphatic carbocycles. The number of benzene rings is 1. The highest BCUT2D eigenvalue weighted by atomic mass is 35.5. The zero-order valence-electron chi connectivity index (χ0n) is 10.2. The van der Waals surface area contributed by atoms with E-state index in [1.807, 2.05) is 0 Å². The highest BCUT2D eigenvalue weighted by Crippen LogP contribution is 2.32. The van der Waals surface area contributed by atoms with Gasteiger partial charge in [-0.1, -0.05) is 11.6 Å². The summed E-state index contributed by atoms with van der Waals surface area (Å²) in [5, 5.41) is 0.243. The van der Waals surface area contributed by atoms with Gasteiger partial charge in [-0.15, -0.1) is 0 Å². The third kappa shape index (κ3) is 3.00. The fraction of sp³-hybridized carbons (Fsp3) is 0.154. The Labute approximate surface area is 114 Å². The average Bonchev–Trinajstić information content (AvgIpc) is 2.89. The molecule has 100 valence electrons. The fourth-order valence-electron chi connectivity index (χ4n) is 1.56. The molecule has 0 radical (unpaired) electrons. The molecule has 2 rings (SSSR count). The van der Waals surface area contributed by atoms with Crippen molar-refractivity contribution in [3.05, 3.63) is 46.9 Å². The number of ether oxygens (including phenoxy) is 2. The first-order valence-corrected chi connectivity index (χ1v) is 5.82. The second kappa shape index (κ2) is 5.67. The van der Waals surface area contributed by atoms with Crippen LogP contribution in [0.2, 0.25) is 5.02 Å². The van der Waals surface area contributed by atoms with E-state index >= 15 is 0 Å². The van der Waals surface area contributed by atoms with Crippen LogP contribution in [-0.2, 0) is 11.3 Å². The van der Waals surface area contributed by atoms with Crippen LogP contribution in [0.3, 0.4) is 0 Å². The number of hydrogen-bond acceptors (Lipinski definition) is 5. The molecule has 0 saturated heterocycles. The zero-order valence-corrected chi connectivity index (χ0v) is 10.9. The number of esters is 1. The Morgan fingerprint density at radius 1 is 1.47 bits per heavy atom. The van der Waals surface area contributed by atoms with Crippen LogP contribution in [0.25, 0.3) is 0 Å². The highest BCUT2D eigenvalue weighted by molar-refractivity contribution is 6.33. The largest absolute Gasteiger partial charge is 0.483 e. The minimum Gasteiger partial charge on any atom is -0.483 e. The lowest BCUT2D eigenvalue weighted by atomic mass is 10.2. The second-order valence-electron chi connectivity index (χ2n) is 3.74. The maximum absolute atomic E-state index is 11.7. The summed E-state index contributed by atoms with van der Waals surface area (Å²) in [6, 6.07) is 6.45. The number of methoxy groups -OCH3 is 1. The van der Waals surface area contributed by atoms with Gasteiger partial charge in [0.15, 0.2) is 5.75 Å². The third-order valence-electron chi connectivity index (χ3n) is 2.41. The monoisotopic (exact) mass is 281 g/mol. The Kier molecular flexibility index (Phi) is 3.97. The Balaban J connectivity index is 2.29. The van der Waals surface area contributed by atoms with Crippen molar-refractivity contribution in [3.63, 3.8) is 0 Å². The quantitative estimate of drug-likeness (QED) is 0.689. The fourth-order valence-corrected chi connectivity index (χ4v) is 1.84. The molecule has 5 nitrogen and oxygen atoms in total. The predicted molar refractivity (Wildman–Crippen MR) is 70.2 cm³/mol. The highest BCUT2D eigenvalue weighted by Gasteiger charge is 2.18. The van der Waals surface area contributed by atoms with E-state index in [1.54, 1.807) is 12.1 Å². The molecule has 1 heterocycles. The molecule has 0 fully saturated rings. The van der Waals surface area contributed by atoms with E-state index in [0.717, 1.165) is 0 Å². The summed E-state index contributed by atoms with van der Waals surface area (Å²) in [7, 11) is 1.27. The molecule has 0 aliphatic heterocycles. The van der Waals surface area contributed by atoms with Crippen LogP contribution in [0.5, 0.6) is 5.75 Å². The van der Waals surface area contributed by atoms with E-state index in [4.69, 9.17) is 26.5 Å². The number of anilines is 1. The lowest BCUT2D eigenvalue weighted by Gasteiger charge is -2.12. The topological polar surface area (TPSA) is 74.7 Å². The first kappa shape index (κ1) is 13.3. The Morgan fingerprint density at radius 3 is 2.89 bits per heavy atom. The maximum Gasteiger partial charge on any atom is 0.341 e. The molecular weight excluding hydrogens is 270 g/mol. The number of carbonyl (C=O) groups is 1. The van der Waals surface area contributed by atoms with Crippen molar-refractivity contribution >= 4 is 23.3 Å². The molecule has 2 N–H and O–H groups in total. The number of rotatable bonds is 4. The summed E-state index contributed by atoms with van der Waals surface area (Å²) in [6.07, 6.45) is 1.53. The molecule has 2 aromatic rings. The SMILES string of the molecule is COC(=O)c1cc(N)cc(Cl)c1OCc1ccco1. The Morgan fingerprint density at radius 2 is 2.26 bits per heavy atom. The van der Waals surface area contributed by atoms with E-state index in [-0.39, 0.29) is 22.9 Å². The van der Waals surface area contributed by atoms with Crippen LogP contribution in [0.1, 0.15) is 16.1 Å². The van der Waals surface area contributed by atoms with Crippen LogP contribution in [-0.4, -0.2) is 13.1 Å². The van der Waals surface area contributed by atoms with Gasteiger partial charge in [0, 0.05) is 5.69 Å². The number of hydrogen-bond donors (Lipinski definition) is 1. The molecule has 0 spiro atoms. The number of furan rings is 1. The molecule has 0 unspecified atom stereocenters. The number of nitrogen functional groups attached to an aromatic ring is 1. The summed E-state index contributed by atoms with van der Waals surface area (Å²) in [5.41, 5.74) is 6.18. The summed E-state index contributed by atoms with van der Waals surface area (Å²) in [5.74, 6) is 0.270. The minimum absolute atomic E-state index is 0.153. The summed E-state index contributed by atoms with van der Waals surface area (Å²) in [4.78, 5) is 11.7. The first-order valence-electron chi connectivity index (χ1n) is 5.44. The van der Waals surface area contributed by atoms with Gasteiger partial charge in [-0.3, -0.25) is 0 Å². The van der Waals surface area contributed by atoms with Crippen LogP contribution in [0.15, 0.2) is 34.9 Å². The van der Waals surface area contributed by atoms with Gasteiger partial charge in [0.1, 0.15) is 17.9 Å². The maximum atomic E-state index is 11.7. The normalized spacial score (nSPS) is 10.2. The molecule has 0 atom stereocenters. The van der Waals surface area contributed by atoms with E-state index in [9.17, 15) is 4.79 Å². The first-order chi connectivity index (χ1) is 9.11. The van der Waals surface area contributed by atoms with Gasteiger partial charge in [-0.2, -0.15) is 0 Å². The minimum atomic E-state index is -0.566. The number of nitrogens with two attached hydrogens (primary N) is 1. The molecule has 0 amide bonds. The molecule has 0 saturated carbocycles. The predicted octanol–water partition coefficient (Wildman–Crippen LogP) is 2.88. The standard InChI is InChI=1S/C13H12ClNO4/c1-17-13(16)10-5-8(15)6-11(14)12(10)19-7-9-3-2-4-18-9/h2-6H,7,15H2,1H3. The Bertz CT molecular complexity index is 581. The van der Waals surface area contributed by atoms with E-state index in [2.05, 4.69) is 4.74 Å². The summed E-state index contributed by atoms with van der Waals surface area (Å²) < 4.78 is 15.3.